The number of aryl methyl sites for hydroxylation is 3. The molecule has 1 N–H and O–H groups in total. The number of nitrogens with zero attached hydrogens (tertiary/aromatic N) is 2. The van der Waals surface area contributed by atoms with Crippen molar-refractivity contribution >= 4 is 11.6 Å². The summed E-state index contributed by atoms with van der Waals surface area (Å²) in [5.41, 5.74) is 4.77. The molecule has 1 aliphatic rings. The lowest BCUT2D eigenvalue weighted by molar-refractivity contribution is 0.0443. The molecule has 152 valence electrons. The first-order valence-corrected chi connectivity index (χ1v) is 10.4. The molecule has 0 aromatic heterocycles. The number of rotatable bonds is 7. The summed E-state index contributed by atoms with van der Waals surface area (Å²) >= 11 is 5.96. The predicted molar refractivity (Wildman–Crippen MR) is 115 cm³/mol. The van der Waals surface area contributed by atoms with E-state index >= 15 is 0 Å². The van der Waals surface area contributed by atoms with Crippen LogP contribution in [0.1, 0.15) is 22.3 Å². The highest BCUT2D eigenvalue weighted by atomic mass is 35.5. The van der Waals surface area contributed by atoms with Crippen LogP contribution in [0.3, 0.4) is 0 Å². The van der Waals surface area contributed by atoms with E-state index in [1.54, 1.807) is 0 Å². The Labute approximate surface area is 173 Å². The number of aliphatic hydroxyl groups is 1. The molecule has 4 nitrogen and oxygen atoms in total. The molecule has 0 spiro atoms. The molecule has 0 aliphatic carbocycles. The summed E-state index contributed by atoms with van der Waals surface area (Å²) in [4.78, 5) is 4.77. The van der Waals surface area contributed by atoms with Crippen molar-refractivity contribution in [2.45, 2.75) is 33.4 Å². The number of halogens is 1. The smallest absolute Gasteiger partial charge is 0.125 e. The van der Waals surface area contributed by atoms with Gasteiger partial charge in [0.1, 0.15) is 18.5 Å². The largest absolute Gasteiger partial charge is 0.490 e. The number of β-amino-alcohol motifs (C(OH)–C–C–N with tert-alkyl or cyclic N) is 1. The van der Waals surface area contributed by atoms with Crippen LogP contribution in [0.25, 0.3) is 0 Å². The Bertz CT molecular complexity index is 748. The van der Waals surface area contributed by atoms with Crippen molar-refractivity contribution in [3.8, 4) is 5.75 Å². The second kappa shape index (κ2) is 9.75. The Balaban J connectivity index is 1.41. The quantitative estimate of drug-likeness (QED) is 0.763. The minimum Gasteiger partial charge on any atom is -0.490 e. The molecule has 1 atom stereocenters. The van der Waals surface area contributed by atoms with Crippen molar-refractivity contribution in [3.63, 3.8) is 0 Å². The maximum Gasteiger partial charge on any atom is 0.125 e. The number of hydrogen-bond acceptors (Lipinski definition) is 4. The molecule has 0 bridgehead atoms. The van der Waals surface area contributed by atoms with E-state index in [2.05, 4.69) is 54.8 Å². The van der Waals surface area contributed by atoms with Crippen LogP contribution < -0.4 is 4.74 Å². The molecule has 2 aromatic carbocycles. The Morgan fingerprint density at radius 1 is 0.964 bits per heavy atom. The van der Waals surface area contributed by atoms with Crippen LogP contribution in [0.2, 0.25) is 5.02 Å². The van der Waals surface area contributed by atoms with E-state index in [-0.39, 0.29) is 0 Å². The Morgan fingerprint density at radius 3 is 2.14 bits per heavy atom. The van der Waals surface area contributed by atoms with E-state index in [0.717, 1.165) is 54.6 Å². The minimum atomic E-state index is -0.483. The van der Waals surface area contributed by atoms with Crippen molar-refractivity contribution < 1.29 is 9.84 Å². The minimum absolute atomic E-state index is 0.329. The Hall–Kier alpha value is -1.59. The summed E-state index contributed by atoms with van der Waals surface area (Å²) in [6, 6.07) is 12.3. The third kappa shape index (κ3) is 5.95. The fraction of sp³-hybridized carbons (Fsp3) is 0.478. The first kappa shape index (κ1) is 21.1. The van der Waals surface area contributed by atoms with Gasteiger partial charge in [-0.15, -0.1) is 0 Å². The zero-order valence-electron chi connectivity index (χ0n) is 17.1. The second-order valence-corrected chi connectivity index (χ2v) is 8.33. The van der Waals surface area contributed by atoms with Crippen LogP contribution in [0.4, 0.5) is 0 Å². The Kier molecular flexibility index (Phi) is 7.36. The molecular weight excluding hydrogens is 372 g/mol. The highest BCUT2D eigenvalue weighted by molar-refractivity contribution is 6.30. The summed E-state index contributed by atoms with van der Waals surface area (Å²) in [7, 11) is 0. The van der Waals surface area contributed by atoms with E-state index in [0.29, 0.717) is 13.2 Å². The van der Waals surface area contributed by atoms with Crippen molar-refractivity contribution in [2.24, 2.45) is 0 Å². The first-order chi connectivity index (χ1) is 13.4. The van der Waals surface area contributed by atoms with Crippen molar-refractivity contribution in [3.05, 3.63) is 63.7 Å². The zero-order valence-corrected chi connectivity index (χ0v) is 17.9. The van der Waals surface area contributed by atoms with E-state index in [1.165, 1.54) is 11.1 Å². The van der Waals surface area contributed by atoms with Crippen molar-refractivity contribution in [2.75, 3.05) is 39.3 Å². The number of aliphatic hydroxyl groups excluding tert-OH is 1. The van der Waals surface area contributed by atoms with E-state index < -0.39 is 6.10 Å². The van der Waals surface area contributed by atoms with E-state index in [9.17, 15) is 5.11 Å². The highest BCUT2D eigenvalue weighted by Crippen LogP contribution is 2.24. The van der Waals surface area contributed by atoms with Gasteiger partial charge in [-0.1, -0.05) is 41.4 Å². The van der Waals surface area contributed by atoms with E-state index in [4.69, 9.17) is 16.3 Å². The fourth-order valence-corrected chi connectivity index (χ4v) is 4.03. The van der Waals surface area contributed by atoms with Gasteiger partial charge in [0, 0.05) is 44.3 Å². The molecule has 28 heavy (non-hydrogen) atoms. The Morgan fingerprint density at radius 2 is 1.54 bits per heavy atom. The number of benzene rings is 2. The second-order valence-electron chi connectivity index (χ2n) is 7.90. The number of piperazine rings is 1. The van der Waals surface area contributed by atoms with Crippen LogP contribution in [0.5, 0.6) is 5.75 Å². The lowest BCUT2D eigenvalue weighted by Gasteiger charge is -2.35. The van der Waals surface area contributed by atoms with Crippen molar-refractivity contribution in [1.82, 2.24) is 9.80 Å². The molecule has 3 rings (SSSR count). The lowest BCUT2D eigenvalue weighted by atomic mass is 10.1. The summed E-state index contributed by atoms with van der Waals surface area (Å²) in [5, 5.41) is 11.2. The molecule has 0 amide bonds. The van der Waals surface area contributed by atoms with Gasteiger partial charge in [-0.3, -0.25) is 9.80 Å². The van der Waals surface area contributed by atoms with Crippen LogP contribution in [-0.2, 0) is 6.54 Å². The van der Waals surface area contributed by atoms with Gasteiger partial charge in [0.2, 0.25) is 0 Å². The standard InChI is InChI=1S/C23H31ClN2O2/c1-17-12-18(2)23(19(3)13-17)28-16-22(27)15-26-10-8-25(9-11-26)14-20-4-6-21(24)7-5-20/h4-7,12-13,22,27H,8-11,14-16H2,1-3H3/t22-/m0/s1. The normalized spacial score (nSPS) is 16.9. The van der Waals surface area contributed by atoms with Crippen LogP contribution in [0.15, 0.2) is 36.4 Å². The maximum absolute atomic E-state index is 10.4. The van der Waals surface area contributed by atoms with Gasteiger partial charge in [0.15, 0.2) is 0 Å². The lowest BCUT2D eigenvalue weighted by Crippen LogP contribution is -2.48. The third-order valence-electron chi connectivity index (χ3n) is 5.28. The van der Waals surface area contributed by atoms with Gasteiger partial charge in [0.05, 0.1) is 0 Å². The SMILES string of the molecule is Cc1cc(C)c(OC[C@@H](O)CN2CCN(Cc3ccc(Cl)cc3)CC2)c(C)c1. The molecule has 1 fully saturated rings. The topological polar surface area (TPSA) is 35.9 Å². The molecule has 0 unspecified atom stereocenters. The molecule has 5 heteroatoms. The van der Waals surface area contributed by atoms with Gasteiger partial charge in [-0.05, 0) is 49.6 Å². The summed E-state index contributed by atoms with van der Waals surface area (Å²) in [6.07, 6.45) is -0.483. The molecule has 1 heterocycles. The monoisotopic (exact) mass is 402 g/mol. The molecule has 0 radical (unpaired) electrons. The molecule has 1 saturated heterocycles. The van der Waals surface area contributed by atoms with Crippen LogP contribution >= 0.6 is 11.6 Å². The van der Waals surface area contributed by atoms with Gasteiger partial charge in [0.25, 0.3) is 0 Å². The highest BCUT2D eigenvalue weighted by Gasteiger charge is 2.20. The van der Waals surface area contributed by atoms with Gasteiger partial charge in [-0.25, -0.2) is 0 Å². The van der Waals surface area contributed by atoms with Gasteiger partial charge in [-0.2, -0.15) is 0 Å². The van der Waals surface area contributed by atoms with E-state index in [1.807, 2.05) is 12.1 Å². The molecule has 1 aliphatic heterocycles. The van der Waals surface area contributed by atoms with Crippen LogP contribution in [0, 0.1) is 20.8 Å². The molecular formula is C23H31ClN2O2. The number of ether oxygens (including phenoxy) is 1. The number of hydrogen-bond donors (Lipinski definition) is 1. The molecule has 2 aromatic rings. The van der Waals surface area contributed by atoms with Gasteiger partial charge >= 0.3 is 0 Å². The maximum atomic E-state index is 10.4. The van der Waals surface area contributed by atoms with Crippen molar-refractivity contribution in [1.29, 1.82) is 0 Å². The zero-order chi connectivity index (χ0) is 20.1. The molecule has 0 saturated carbocycles. The average Bonchev–Trinajstić information content (AvgIpc) is 2.64. The summed E-state index contributed by atoms with van der Waals surface area (Å²) in [6.45, 7) is 12.1. The fourth-order valence-electron chi connectivity index (χ4n) is 3.90. The van der Waals surface area contributed by atoms with Gasteiger partial charge < -0.3 is 9.84 Å². The third-order valence-corrected chi connectivity index (χ3v) is 5.53. The summed E-state index contributed by atoms with van der Waals surface area (Å²) < 4.78 is 5.94. The first-order valence-electron chi connectivity index (χ1n) is 9.98. The predicted octanol–water partition coefficient (Wildman–Crippen LogP) is 3.82. The van der Waals surface area contributed by atoms with Crippen LogP contribution in [-0.4, -0.2) is 60.3 Å². The summed E-state index contributed by atoms with van der Waals surface area (Å²) in [5.74, 6) is 0.900. The average molecular weight is 403 g/mol.